The molecule has 1 rings (SSSR count). The molecule has 88 valence electrons. The smallest absolute Gasteiger partial charge is 0.218 e. The maximum Gasteiger partial charge on any atom is 0.218 e. The second-order valence-corrected chi connectivity index (χ2v) is 4.82. The highest BCUT2D eigenvalue weighted by molar-refractivity contribution is 7.99. The monoisotopic (exact) mass is 238 g/mol. The number of carbonyl (C=O) groups excluding carboxylic acids is 1. The first-order valence-electron chi connectivity index (χ1n) is 5.32. The van der Waals surface area contributed by atoms with Crippen LogP contribution in [0.4, 0.5) is 0 Å². The molecule has 0 radical (unpaired) electrons. The van der Waals surface area contributed by atoms with Gasteiger partial charge in [-0.25, -0.2) is 0 Å². The van der Waals surface area contributed by atoms with Crippen molar-refractivity contribution < 1.29 is 4.79 Å². The van der Waals surface area contributed by atoms with Crippen molar-refractivity contribution in [3.05, 3.63) is 29.8 Å². The van der Waals surface area contributed by atoms with E-state index in [2.05, 4.69) is 30.4 Å². The lowest BCUT2D eigenvalue weighted by atomic mass is 10.1. The van der Waals surface area contributed by atoms with Gasteiger partial charge in [0.15, 0.2) is 0 Å². The highest BCUT2D eigenvalue weighted by Crippen LogP contribution is 2.22. The third-order valence-corrected chi connectivity index (χ3v) is 3.40. The Bertz CT molecular complexity index is 355. The standard InChI is InChI=1S/C12H18N2OS/c1-9(14-2)10-4-3-5-11(8-10)16-7-6-12(13)15/h3-5,8-9,14H,6-7H2,1-2H3,(H2,13,15). The molecule has 4 heteroatoms. The van der Waals surface area contributed by atoms with Gasteiger partial charge in [0, 0.05) is 23.1 Å². The van der Waals surface area contributed by atoms with Crippen molar-refractivity contribution in [1.29, 1.82) is 0 Å². The Kier molecular flexibility index (Phi) is 5.35. The number of nitrogens with two attached hydrogens (primary N) is 1. The molecule has 1 atom stereocenters. The molecule has 0 saturated carbocycles. The lowest BCUT2D eigenvalue weighted by Crippen LogP contribution is -2.12. The summed E-state index contributed by atoms with van der Waals surface area (Å²) in [5.74, 6) is 0.499. The minimum Gasteiger partial charge on any atom is -0.370 e. The average molecular weight is 238 g/mol. The SMILES string of the molecule is CNC(C)c1cccc(SCCC(N)=O)c1. The van der Waals surface area contributed by atoms with Gasteiger partial charge in [0.25, 0.3) is 0 Å². The number of thioether (sulfide) groups is 1. The molecule has 0 heterocycles. The zero-order valence-corrected chi connectivity index (χ0v) is 10.5. The van der Waals surface area contributed by atoms with Gasteiger partial charge in [0.2, 0.25) is 5.91 Å². The van der Waals surface area contributed by atoms with Crippen LogP contribution >= 0.6 is 11.8 Å². The predicted octanol–water partition coefficient (Wildman–Crippen LogP) is 1.93. The molecule has 0 aliphatic heterocycles. The van der Waals surface area contributed by atoms with Crippen LogP contribution < -0.4 is 11.1 Å². The third-order valence-electron chi connectivity index (χ3n) is 2.41. The van der Waals surface area contributed by atoms with E-state index in [0.29, 0.717) is 12.5 Å². The molecule has 0 bridgehead atoms. The number of primary amides is 1. The Morgan fingerprint density at radius 2 is 2.31 bits per heavy atom. The predicted molar refractivity (Wildman–Crippen MR) is 68.5 cm³/mol. The summed E-state index contributed by atoms with van der Waals surface area (Å²) >= 11 is 1.66. The maximum absolute atomic E-state index is 10.6. The molecule has 0 aromatic heterocycles. The zero-order chi connectivity index (χ0) is 12.0. The Morgan fingerprint density at radius 1 is 1.56 bits per heavy atom. The Morgan fingerprint density at radius 3 is 2.94 bits per heavy atom. The van der Waals surface area contributed by atoms with E-state index in [9.17, 15) is 4.79 Å². The van der Waals surface area contributed by atoms with Gasteiger partial charge in [-0.3, -0.25) is 4.79 Å². The van der Waals surface area contributed by atoms with Crippen molar-refractivity contribution in [2.24, 2.45) is 5.73 Å². The second kappa shape index (κ2) is 6.55. The molecule has 1 unspecified atom stereocenters. The van der Waals surface area contributed by atoms with Crippen molar-refractivity contribution in [1.82, 2.24) is 5.32 Å². The molecule has 1 amide bonds. The normalized spacial score (nSPS) is 12.4. The van der Waals surface area contributed by atoms with Crippen molar-refractivity contribution >= 4 is 17.7 Å². The molecule has 1 aromatic rings. The van der Waals surface area contributed by atoms with Crippen LogP contribution in [0.25, 0.3) is 0 Å². The highest BCUT2D eigenvalue weighted by Gasteiger charge is 2.03. The number of carbonyl (C=O) groups is 1. The van der Waals surface area contributed by atoms with E-state index >= 15 is 0 Å². The number of nitrogens with one attached hydrogen (secondary N) is 1. The molecule has 0 saturated heterocycles. The van der Waals surface area contributed by atoms with Crippen LogP contribution in [0.2, 0.25) is 0 Å². The molecular formula is C12H18N2OS. The molecule has 16 heavy (non-hydrogen) atoms. The van der Waals surface area contributed by atoms with Crippen LogP contribution in [0, 0.1) is 0 Å². The average Bonchev–Trinajstić information content (AvgIpc) is 2.28. The quantitative estimate of drug-likeness (QED) is 0.745. The van der Waals surface area contributed by atoms with E-state index < -0.39 is 0 Å². The van der Waals surface area contributed by atoms with E-state index in [4.69, 9.17) is 5.73 Å². The summed E-state index contributed by atoms with van der Waals surface area (Å²) < 4.78 is 0. The van der Waals surface area contributed by atoms with Crippen LogP contribution in [-0.4, -0.2) is 18.7 Å². The van der Waals surface area contributed by atoms with Crippen LogP contribution in [0.3, 0.4) is 0 Å². The fraction of sp³-hybridized carbons (Fsp3) is 0.417. The number of amides is 1. The third kappa shape index (κ3) is 4.24. The largest absolute Gasteiger partial charge is 0.370 e. The molecule has 1 aromatic carbocycles. The van der Waals surface area contributed by atoms with E-state index in [1.807, 2.05) is 13.1 Å². The summed E-state index contributed by atoms with van der Waals surface area (Å²) in [7, 11) is 1.94. The maximum atomic E-state index is 10.6. The summed E-state index contributed by atoms with van der Waals surface area (Å²) in [6, 6.07) is 8.68. The molecule has 3 nitrogen and oxygen atoms in total. The fourth-order valence-electron chi connectivity index (χ4n) is 1.31. The van der Waals surface area contributed by atoms with Crippen molar-refractivity contribution in [2.45, 2.75) is 24.3 Å². The minimum absolute atomic E-state index is 0.243. The zero-order valence-electron chi connectivity index (χ0n) is 9.69. The van der Waals surface area contributed by atoms with Gasteiger partial charge >= 0.3 is 0 Å². The van der Waals surface area contributed by atoms with Gasteiger partial charge in [-0.15, -0.1) is 11.8 Å². The first-order chi connectivity index (χ1) is 7.63. The fourth-order valence-corrected chi connectivity index (χ4v) is 2.24. The Hall–Kier alpha value is -1.00. The van der Waals surface area contributed by atoms with E-state index in [1.54, 1.807) is 11.8 Å². The second-order valence-electron chi connectivity index (χ2n) is 3.65. The van der Waals surface area contributed by atoms with Gasteiger partial charge in [-0.1, -0.05) is 12.1 Å². The van der Waals surface area contributed by atoms with Crippen molar-refractivity contribution in [2.75, 3.05) is 12.8 Å². The first kappa shape index (κ1) is 13.1. The van der Waals surface area contributed by atoms with Crippen LogP contribution in [0.1, 0.15) is 24.9 Å². The van der Waals surface area contributed by atoms with Crippen LogP contribution in [0.5, 0.6) is 0 Å². The Balaban J connectivity index is 2.57. The van der Waals surface area contributed by atoms with Crippen molar-refractivity contribution in [3.8, 4) is 0 Å². The van der Waals surface area contributed by atoms with E-state index in [-0.39, 0.29) is 5.91 Å². The summed E-state index contributed by atoms with van der Waals surface area (Å²) in [6.45, 7) is 2.12. The van der Waals surface area contributed by atoms with Gasteiger partial charge in [0.1, 0.15) is 0 Å². The molecule has 0 aliphatic carbocycles. The highest BCUT2D eigenvalue weighted by atomic mass is 32.2. The lowest BCUT2D eigenvalue weighted by molar-refractivity contribution is -0.117. The number of rotatable bonds is 6. The number of hydrogen-bond acceptors (Lipinski definition) is 3. The number of benzene rings is 1. The van der Waals surface area contributed by atoms with Gasteiger partial charge in [0.05, 0.1) is 0 Å². The summed E-state index contributed by atoms with van der Waals surface area (Å²) in [5, 5.41) is 3.20. The van der Waals surface area contributed by atoms with Crippen LogP contribution in [0.15, 0.2) is 29.2 Å². The van der Waals surface area contributed by atoms with Crippen molar-refractivity contribution in [3.63, 3.8) is 0 Å². The van der Waals surface area contributed by atoms with Gasteiger partial charge < -0.3 is 11.1 Å². The summed E-state index contributed by atoms with van der Waals surface area (Å²) in [5.41, 5.74) is 6.35. The van der Waals surface area contributed by atoms with Crippen LogP contribution in [-0.2, 0) is 4.79 Å². The summed E-state index contributed by atoms with van der Waals surface area (Å²) in [6.07, 6.45) is 0.427. The van der Waals surface area contributed by atoms with E-state index in [1.165, 1.54) is 10.5 Å². The Labute approximate surface area is 101 Å². The van der Waals surface area contributed by atoms with Gasteiger partial charge in [-0.05, 0) is 31.7 Å². The summed E-state index contributed by atoms with van der Waals surface area (Å²) in [4.78, 5) is 11.8. The molecule has 0 spiro atoms. The minimum atomic E-state index is -0.243. The van der Waals surface area contributed by atoms with Gasteiger partial charge in [-0.2, -0.15) is 0 Å². The van der Waals surface area contributed by atoms with E-state index in [0.717, 1.165) is 5.75 Å². The first-order valence-corrected chi connectivity index (χ1v) is 6.30. The molecule has 0 aliphatic rings. The lowest BCUT2D eigenvalue weighted by Gasteiger charge is -2.11. The number of hydrogen-bond donors (Lipinski definition) is 2. The topological polar surface area (TPSA) is 55.1 Å². The molecule has 0 fully saturated rings. The molecular weight excluding hydrogens is 220 g/mol. The molecule has 3 N–H and O–H groups in total.